The van der Waals surface area contributed by atoms with Gasteiger partial charge in [-0.05, 0) is 180 Å². The number of phosphoric acid groups is 2. The number of unbranched alkanes of at least 4 members (excludes halogenated alkanes) is 15. The number of esters is 4. The van der Waals surface area contributed by atoms with Crippen LogP contribution in [0.15, 0.2) is 207 Å². The van der Waals surface area contributed by atoms with E-state index in [0.717, 1.165) is 173 Å². The molecule has 0 aromatic rings. The van der Waals surface area contributed by atoms with Crippen LogP contribution in [-0.4, -0.2) is 96.7 Å². The van der Waals surface area contributed by atoms with Crippen LogP contribution in [-0.2, 0) is 65.4 Å². The van der Waals surface area contributed by atoms with E-state index in [2.05, 4.69) is 216 Å². The monoisotopic (exact) mass is 1570 g/mol. The Morgan fingerprint density at radius 2 is 0.491 bits per heavy atom. The highest BCUT2D eigenvalue weighted by Gasteiger charge is 2.30. The van der Waals surface area contributed by atoms with E-state index in [1.165, 1.54) is 19.3 Å². The molecule has 0 amide bonds. The van der Waals surface area contributed by atoms with E-state index in [-0.39, 0.29) is 25.7 Å². The van der Waals surface area contributed by atoms with Crippen molar-refractivity contribution in [2.75, 3.05) is 39.6 Å². The van der Waals surface area contributed by atoms with Crippen LogP contribution < -0.4 is 0 Å². The standard InChI is InChI=1S/C91H144O17P2/c1-5-9-13-17-21-25-29-33-37-40-42-45-48-51-55-59-63-67-71-75-88(93)101-81-86(107-90(95)77-73-69-65-61-57-53-47-36-32-28-24-20-16-12-8-4)83-105-109(97,98)103-79-85(92)80-104-110(99,100)106-84-87(108-91(96)78-74-70-66-62-58-54-50-44-39-35-31-27-23-19-15-11-7-3)82-102-89(94)76-72-68-64-60-56-52-49-46-43-41-38-34-30-26-22-18-14-10-6-2/h10-12,14-16,21-28,33-39,42-43,45-47,50,52,54,56-57,61,64,68,85-87,92H,5-9,13,17-20,29-32,40-41,44,48-49,51,53,55,58-60,62-63,65-67,69-84H2,1-4H3,(H,97,98)(H,99,100)/b14-10-,15-11-,16-12-,25-21-,26-22-,27-23-,28-24-,37-33-,38-34-,39-35-,45-42-,46-43-,47-36-,54-50-,56-52-,61-57-,68-64-. The number of carbonyl (C=O) groups is 4. The fourth-order valence-corrected chi connectivity index (χ4v) is 11.6. The first kappa shape index (κ1) is 104. The average Bonchev–Trinajstić information content (AvgIpc) is 0.906. The smallest absolute Gasteiger partial charge is 0.462 e. The lowest BCUT2D eigenvalue weighted by atomic mass is 10.1. The Labute approximate surface area is 665 Å². The number of aliphatic hydroxyl groups excluding tert-OH is 1. The second kappa shape index (κ2) is 80.7. The largest absolute Gasteiger partial charge is 0.472 e. The molecule has 0 heterocycles. The molecule has 0 fully saturated rings. The van der Waals surface area contributed by atoms with Gasteiger partial charge in [0.1, 0.15) is 19.3 Å². The summed E-state index contributed by atoms with van der Waals surface area (Å²) in [6, 6.07) is 0. The molecule has 5 unspecified atom stereocenters. The number of ether oxygens (including phenoxy) is 4. The Hall–Kier alpha value is -6.36. The lowest BCUT2D eigenvalue weighted by Gasteiger charge is -2.21. The van der Waals surface area contributed by atoms with Gasteiger partial charge < -0.3 is 33.8 Å². The molecule has 3 N–H and O–H groups in total. The van der Waals surface area contributed by atoms with Crippen molar-refractivity contribution in [3.63, 3.8) is 0 Å². The van der Waals surface area contributed by atoms with E-state index in [9.17, 15) is 43.2 Å². The highest BCUT2D eigenvalue weighted by atomic mass is 31.2. The summed E-state index contributed by atoms with van der Waals surface area (Å²) < 4.78 is 68.6. The summed E-state index contributed by atoms with van der Waals surface area (Å²) in [6.07, 6.45) is 101. The third kappa shape index (κ3) is 79.7. The van der Waals surface area contributed by atoms with E-state index in [4.69, 9.17) is 37.0 Å². The Kier molecular flexibility index (Phi) is 76.0. The SMILES string of the molecule is CC/C=C\C/C=C\C/C=C\C/C=C\C/C=C\C/C=C\CCC(=O)OCC(COP(=O)(O)OCC(O)COP(=O)(O)OCC(COC(=O)CCCCCCCC/C=C\C/C=C\C/C=C\CCCCC)OC(=O)CCCC/C=C\C/C=C\C/C=C\C/C=C\CC)OC(=O)CCCCCC/C=C\C/C=C\C/C=C\C/C=C\CC. The molecule has 0 saturated heterocycles. The van der Waals surface area contributed by atoms with Gasteiger partial charge >= 0.3 is 39.5 Å². The van der Waals surface area contributed by atoms with Crippen molar-refractivity contribution in [3.05, 3.63) is 207 Å². The van der Waals surface area contributed by atoms with Crippen molar-refractivity contribution in [1.82, 2.24) is 0 Å². The molecule has 0 rings (SSSR count). The predicted molar refractivity (Wildman–Crippen MR) is 454 cm³/mol. The number of allylic oxidation sites excluding steroid dienone is 34. The predicted octanol–water partition coefficient (Wildman–Crippen LogP) is 24.7. The minimum Gasteiger partial charge on any atom is -0.462 e. The van der Waals surface area contributed by atoms with Crippen molar-refractivity contribution in [1.29, 1.82) is 0 Å². The molecule has 110 heavy (non-hydrogen) atoms. The third-order valence-corrected chi connectivity index (χ3v) is 18.1. The quantitative estimate of drug-likeness (QED) is 0.0169. The molecule has 620 valence electrons. The number of aliphatic hydroxyl groups is 1. The van der Waals surface area contributed by atoms with Crippen LogP contribution in [0, 0.1) is 0 Å². The molecule has 0 aliphatic carbocycles. The summed E-state index contributed by atoms with van der Waals surface area (Å²) in [5.74, 6) is -2.38. The Morgan fingerprint density at radius 3 is 0.800 bits per heavy atom. The van der Waals surface area contributed by atoms with Gasteiger partial charge in [-0.25, -0.2) is 9.13 Å². The maximum atomic E-state index is 13.1. The maximum absolute atomic E-state index is 13.1. The average molecular weight is 1570 g/mol. The lowest BCUT2D eigenvalue weighted by molar-refractivity contribution is -0.161. The van der Waals surface area contributed by atoms with Crippen LogP contribution in [0.25, 0.3) is 0 Å². The molecule has 0 aromatic carbocycles. The Balaban J connectivity index is 5.53. The second-order valence-electron chi connectivity index (χ2n) is 26.6. The van der Waals surface area contributed by atoms with E-state index in [0.29, 0.717) is 38.5 Å². The molecule has 0 radical (unpaired) electrons. The Morgan fingerprint density at radius 1 is 0.264 bits per heavy atom. The molecule has 0 bridgehead atoms. The van der Waals surface area contributed by atoms with Crippen molar-refractivity contribution >= 4 is 39.5 Å². The van der Waals surface area contributed by atoms with Crippen molar-refractivity contribution in [2.45, 2.75) is 303 Å². The second-order valence-corrected chi connectivity index (χ2v) is 29.5. The summed E-state index contributed by atoms with van der Waals surface area (Å²) in [5.41, 5.74) is 0. The number of carbonyl (C=O) groups excluding carboxylic acids is 4. The molecule has 17 nitrogen and oxygen atoms in total. The van der Waals surface area contributed by atoms with Gasteiger partial charge in [0.15, 0.2) is 12.2 Å². The fraction of sp³-hybridized carbons (Fsp3) is 0.582. The highest BCUT2D eigenvalue weighted by molar-refractivity contribution is 7.47. The molecule has 0 spiro atoms. The first-order valence-electron chi connectivity index (χ1n) is 41.3. The zero-order valence-corrected chi connectivity index (χ0v) is 69.6. The van der Waals surface area contributed by atoms with Crippen LogP contribution in [0.2, 0.25) is 0 Å². The van der Waals surface area contributed by atoms with Gasteiger partial charge in [-0.3, -0.25) is 37.3 Å². The van der Waals surface area contributed by atoms with Gasteiger partial charge in [0.25, 0.3) is 0 Å². The van der Waals surface area contributed by atoms with Crippen LogP contribution >= 0.6 is 15.6 Å². The normalized spacial score (nSPS) is 14.9. The lowest BCUT2D eigenvalue weighted by Crippen LogP contribution is -2.30. The highest BCUT2D eigenvalue weighted by Crippen LogP contribution is 2.45. The van der Waals surface area contributed by atoms with Gasteiger partial charge in [0.2, 0.25) is 0 Å². The van der Waals surface area contributed by atoms with Crippen LogP contribution in [0.1, 0.15) is 285 Å². The first-order valence-corrected chi connectivity index (χ1v) is 44.3. The van der Waals surface area contributed by atoms with Gasteiger partial charge in [0, 0.05) is 25.7 Å². The van der Waals surface area contributed by atoms with Gasteiger partial charge in [-0.1, -0.05) is 286 Å². The molecule has 0 aliphatic heterocycles. The van der Waals surface area contributed by atoms with Crippen molar-refractivity contribution in [3.8, 4) is 0 Å². The van der Waals surface area contributed by atoms with E-state index < -0.39 is 97.5 Å². The molecule has 5 atom stereocenters. The maximum Gasteiger partial charge on any atom is 0.472 e. The van der Waals surface area contributed by atoms with Crippen LogP contribution in [0.5, 0.6) is 0 Å². The van der Waals surface area contributed by atoms with Crippen molar-refractivity contribution in [2.24, 2.45) is 0 Å². The summed E-state index contributed by atoms with van der Waals surface area (Å²) in [6.45, 7) is 4.30. The Bertz CT molecular complexity index is 2900. The molecule has 0 aliphatic rings. The van der Waals surface area contributed by atoms with E-state index in [1.807, 2.05) is 18.2 Å². The number of phosphoric ester groups is 2. The minimum atomic E-state index is -5.02. The van der Waals surface area contributed by atoms with E-state index in [1.54, 1.807) is 0 Å². The molecule has 0 saturated carbocycles. The topological polar surface area (TPSA) is 237 Å². The first-order chi connectivity index (χ1) is 53.7. The zero-order chi connectivity index (χ0) is 80.3. The summed E-state index contributed by atoms with van der Waals surface area (Å²) in [7, 11) is -10.0. The molecular weight excluding hydrogens is 1430 g/mol. The molecule has 0 aromatic heterocycles. The summed E-state index contributed by atoms with van der Waals surface area (Å²) in [5, 5.41) is 10.7. The molecular formula is C91H144O17P2. The van der Waals surface area contributed by atoms with Gasteiger partial charge in [-0.15, -0.1) is 0 Å². The zero-order valence-electron chi connectivity index (χ0n) is 67.8. The number of hydrogen-bond donors (Lipinski definition) is 3. The third-order valence-electron chi connectivity index (χ3n) is 16.2. The van der Waals surface area contributed by atoms with E-state index >= 15 is 0 Å². The van der Waals surface area contributed by atoms with Crippen molar-refractivity contribution < 1.29 is 80.2 Å². The number of rotatable bonds is 75. The summed E-state index contributed by atoms with van der Waals surface area (Å²) in [4.78, 5) is 73.1. The summed E-state index contributed by atoms with van der Waals surface area (Å²) >= 11 is 0. The van der Waals surface area contributed by atoms with Gasteiger partial charge in [0.05, 0.1) is 26.4 Å². The van der Waals surface area contributed by atoms with Crippen LogP contribution in [0.4, 0.5) is 0 Å². The molecule has 19 heteroatoms. The number of hydrogen-bond acceptors (Lipinski definition) is 15. The minimum absolute atomic E-state index is 0.0207. The van der Waals surface area contributed by atoms with Gasteiger partial charge in [-0.2, -0.15) is 0 Å². The fourth-order valence-electron chi connectivity index (χ4n) is 10.1. The van der Waals surface area contributed by atoms with Crippen LogP contribution in [0.3, 0.4) is 0 Å².